The molecule has 29 heavy (non-hydrogen) atoms. The SMILES string of the molecule is O=C1C(=Cc2cc3oc(-c4ccco4)nc3o2)C(=O)c2cc3ccccc3cc21. The van der Waals surface area contributed by atoms with E-state index in [1.54, 1.807) is 30.3 Å². The van der Waals surface area contributed by atoms with Crippen molar-refractivity contribution in [2.24, 2.45) is 0 Å². The van der Waals surface area contributed by atoms with Gasteiger partial charge in [-0.2, -0.15) is 4.98 Å². The minimum Gasteiger partial charge on any atom is -0.459 e. The Kier molecular flexibility index (Phi) is 3.09. The van der Waals surface area contributed by atoms with Gasteiger partial charge in [0.15, 0.2) is 22.9 Å². The van der Waals surface area contributed by atoms with Gasteiger partial charge in [0, 0.05) is 17.2 Å². The van der Waals surface area contributed by atoms with Crippen molar-refractivity contribution in [3.8, 4) is 11.7 Å². The van der Waals surface area contributed by atoms with Gasteiger partial charge in [-0.1, -0.05) is 24.3 Å². The molecule has 0 atom stereocenters. The molecule has 1 aliphatic carbocycles. The monoisotopic (exact) mass is 381 g/mol. The molecular weight excluding hydrogens is 370 g/mol. The Balaban J connectivity index is 1.41. The maximum absolute atomic E-state index is 12.8. The van der Waals surface area contributed by atoms with E-state index in [-0.39, 0.29) is 22.9 Å². The molecule has 0 aliphatic heterocycles. The zero-order chi connectivity index (χ0) is 19.5. The molecule has 6 nitrogen and oxygen atoms in total. The summed E-state index contributed by atoms with van der Waals surface area (Å²) in [5.41, 5.74) is 1.56. The van der Waals surface area contributed by atoms with Gasteiger partial charge in [0.1, 0.15) is 5.76 Å². The third-order valence-corrected chi connectivity index (χ3v) is 4.99. The second-order valence-corrected chi connectivity index (χ2v) is 6.78. The Morgan fingerprint density at radius 2 is 1.55 bits per heavy atom. The Bertz CT molecular complexity index is 1390. The van der Waals surface area contributed by atoms with Gasteiger partial charge in [-0.05, 0) is 41.1 Å². The van der Waals surface area contributed by atoms with E-state index >= 15 is 0 Å². The summed E-state index contributed by atoms with van der Waals surface area (Å²) in [6.45, 7) is 0. The first-order chi connectivity index (χ1) is 14.2. The third-order valence-electron chi connectivity index (χ3n) is 4.99. The predicted octanol–water partition coefficient (Wildman–Crippen LogP) is 5.30. The van der Waals surface area contributed by atoms with Crippen LogP contribution in [0.3, 0.4) is 0 Å². The van der Waals surface area contributed by atoms with Crippen molar-refractivity contribution in [1.82, 2.24) is 4.98 Å². The highest BCUT2D eigenvalue weighted by atomic mass is 16.4. The van der Waals surface area contributed by atoms with Crippen LogP contribution in [0, 0.1) is 0 Å². The number of carbonyl (C=O) groups excluding carboxylic acids is 2. The van der Waals surface area contributed by atoms with E-state index < -0.39 is 0 Å². The molecule has 2 aromatic carbocycles. The zero-order valence-electron chi connectivity index (χ0n) is 14.8. The smallest absolute Gasteiger partial charge is 0.266 e. The number of carbonyl (C=O) groups is 2. The molecule has 1 aliphatic rings. The first kappa shape index (κ1) is 15.8. The topological polar surface area (TPSA) is 86.4 Å². The van der Waals surface area contributed by atoms with Crippen LogP contribution in [0.2, 0.25) is 0 Å². The molecule has 3 heterocycles. The first-order valence-corrected chi connectivity index (χ1v) is 8.95. The van der Waals surface area contributed by atoms with E-state index in [0.29, 0.717) is 34.1 Å². The molecule has 5 aromatic rings. The highest BCUT2D eigenvalue weighted by molar-refractivity contribution is 6.42. The van der Waals surface area contributed by atoms with Crippen molar-refractivity contribution in [2.75, 3.05) is 0 Å². The fourth-order valence-corrected chi connectivity index (χ4v) is 3.61. The first-order valence-electron chi connectivity index (χ1n) is 8.95. The van der Waals surface area contributed by atoms with Crippen molar-refractivity contribution in [3.05, 3.63) is 83.3 Å². The second kappa shape index (κ2) is 5.65. The molecule has 0 bridgehead atoms. The van der Waals surface area contributed by atoms with Crippen molar-refractivity contribution in [1.29, 1.82) is 0 Å². The van der Waals surface area contributed by atoms with E-state index in [4.69, 9.17) is 13.3 Å². The molecule has 0 N–H and O–H groups in total. The summed E-state index contributed by atoms with van der Waals surface area (Å²) in [7, 11) is 0. The molecule has 0 radical (unpaired) electrons. The number of aromatic nitrogens is 1. The van der Waals surface area contributed by atoms with E-state index in [1.807, 2.05) is 24.3 Å². The van der Waals surface area contributed by atoms with Gasteiger partial charge >= 0.3 is 0 Å². The lowest BCUT2D eigenvalue weighted by Crippen LogP contribution is -1.99. The van der Waals surface area contributed by atoms with E-state index in [1.165, 1.54) is 12.3 Å². The van der Waals surface area contributed by atoms with Crippen LogP contribution in [-0.4, -0.2) is 16.6 Å². The number of Topliss-reactive ketones (excluding diaryl/α,β-unsaturated/α-hetero) is 2. The maximum Gasteiger partial charge on any atom is 0.266 e. The fourth-order valence-electron chi connectivity index (χ4n) is 3.61. The molecule has 3 aromatic heterocycles. The summed E-state index contributed by atoms with van der Waals surface area (Å²) in [5, 5.41) is 1.83. The second-order valence-electron chi connectivity index (χ2n) is 6.78. The largest absolute Gasteiger partial charge is 0.459 e. The van der Waals surface area contributed by atoms with Crippen molar-refractivity contribution in [3.63, 3.8) is 0 Å². The summed E-state index contributed by atoms with van der Waals surface area (Å²) < 4.78 is 16.5. The van der Waals surface area contributed by atoms with Gasteiger partial charge < -0.3 is 13.3 Å². The summed E-state index contributed by atoms with van der Waals surface area (Å²) in [5.74, 6) is 0.488. The van der Waals surface area contributed by atoms with Crippen LogP contribution in [-0.2, 0) is 0 Å². The molecule has 0 amide bonds. The number of hydrogen-bond acceptors (Lipinski definition) is 6. The lowest BCUT2D eigenvalue weighted by atomic mass is 10.0. The lowest BCUT2D eigenvalue weighted by molar-refractivity contribution is 0.0990. The maximum atomic E-state index is 12.8. The van der Waals surface area contributed by atoms with Gasteiger partial charge in [-0.3, -0.25) is 9.59 Å². The van der Waals surface area contributed by atoms with Gasteiger partial charge in [0.05, 0.1) is 11.8 Å². The average molecular weight is 381 g/mol. The molecule has 0 unspecified atom stereocenters. The Morgan fingerprint density at radius 3 is 2.17 bits per heavy atom. The Labute approximate surface area is 163 Å². The molecule has 0 saturated heterocycles. The standard InChI is InChI=1S/C23H11NO5/c25-20-15-8-12-4-1-2-5-13(12)9-16(15)21(26)17(20)10-14-11-19-23(28-14)24-22(29-19)18-6-3-7-27-18/h1-11H. The molecule has 0 spiro atoms. The van der Waals surface area contributed by atoms with Crippen LogP contribution in [0.4, 0.5) is 0 Å². The van der Waals surface area contributed by atoms with Gasteiger partial charge in [-0.25, -0.2) is 0 Å². The van der Waals surface area contributed by atoms with Crippen LogP contribution in [0.5, 0.6) is 0 Å². The molecule has 0 saturated carbocycles. The number of furan rings is 2. The van der Waals surface area contributed by atoms with Gasteiger partial charge in [0.25, 0.3) is 11.6 Å². The quantitative estimate of drug-likeness (QED) is 0.305. The van der Waals surface area contributed by atoms with Crippen molar-refractivity contribution >= 4 is 39.7 Å². The zero-order valence-corrected chi connectivity index (χ0v) is 14.8. The summed E-state index contributed by atoms with van der Waals surface area (Å²) in [6, 6.07) is 16.2. The molecular formula is C23H11NO5. The number of oxazole rings is 1. The Morgan fingerprint density at radius 1 is 0.828 bits per heavy atom. The number of benzene rings is 2. The van der Waals surface area contributed by atoms with Crippen LogP contribution in [0.25, 0.3) is 39.8 Å². The van der Waals surface area contributed by atoms with Crippen molar-refractivity contribution in [2.45, 2.75) is 0 Å². The normalized spacial score (nSPS) is 13.6. The molecule has 138 valence electrons. The highest BCUT2D eigenvalue weighted by Gasteiger charge is 2.33. The number of nitrogens with zero attached hydrogens (tertiary/aromatic N) is 1. The van der Waals surface area contributed by atoms with Crippen LogP contribution in [0.15, 0.2) is 79.7 Å². The lowest BCUT2D eigenvalue weighted by Gasteiger charge is -2.00. The van der Waals surface area contributed by atoms with Crippen LogP contribution in [0.1, 0.15) is 26.5 Å². The number of allylic oxidation sites excluding steroid dienone is 1. The average Bonchev–Trinajstić information content (AvgIpc) is 3.48. The molecule has 0 fully saturated rings. The van der Waals surface area contributed by atoms with Gasteiger partial charge in [-0.15, -0.1) is 0 Å². The van der Waals surface area contributed by atoms with E-state index in [0.717, 1.165) is 10.8 Å². The molecule has 6 heteroatoms. The van der Waals surface area contributed by atoms with Gasteiger partial charge in [0.2, 0.25) is 0 Å². The number of rotatable bonds is 2. The minimum atomic E-state index is -0.312. The minimum absolute atomic E-state index is 0.0676. The molecule has 6 rings (SSSR count). The van der Waals surface area contributed by atoms with E-state index in [2.05, 4.69) is 4.98 Å². The van der Waals surface area contributed by atoms with Crippen LogP contribution < -0.4 is 0 Å². The van der Waals surface area contributed by atoms with Crippen molar-refractivity contribution < 1.29 is 22.8 Å². The summed E-state index contributed by atoms with van der Waals surface area (Å²) >= 11 is 0. The fraction of sp³-hybridized carbons (Fsp3) is 0. The number of ketones is 2. The predicted molar refractivity (Wildman–Crippen MR) is 105 cm³/mol. The summed E-state index contributed by atoms with van der Waals surface area (Å²) in [4.78, 5) is 29.9. The highest BCUT2D eigenvalue weighted by Crippen LogP contribution is 2.33. The number of fused-ring (bicyclic) bond motifs is 3. The van der Waals surface area contributed by atoms with Crippen LogP contribution >= 0.6 is 0 Å². The number of hydrogen-bond donors (Lipinski definition) is 0. The third kappa shape index (κ3) is 2.32. The summed E-state index contributed by atoms with van der Waals surface area (Å²) in [6.07, 6.45) is 2.97. The Hall–Kier alpha value is -4.19. The van der Waals surface area contributed by atoms with E-state index in [9.17, 15) is 9.59 Å².